The Bertz CT molecular complexity index is 754. The van der Waals surface area contributed by atoms with E-state index in [-0.39, 0.29) is 18.0 Å². The molecule has 5 heteroatoms. The third-order valence-corrected chi connectivity index (χ3v) is 5.30. The molecule has 2 aromatic rings. The van der Waals surface area contributed by atoms with E-state index in [0.29, 0.717) is 0 Å². The lowest BCUT2D eigenvalue weighted by Gasteiger charge is -2.32. The van der Waals surface area contributed by atoms with Crippen LogP contribution in [0.25, 0.3) is 10.8 Å². The maximum absolute atomic E-state index is 6.31. The van der Waals surface area contributed by atoms with Crippen molar-refractivity contribution < 1.29 is 18.8 Å². The van der Waals surface area contributed by atoms with Gasteiger partial charge in [-0.25, -0.2) is 0 Å². The van der Waals surface area contributed by atoms with Crippen molar-refractivity contribution in [3.63, 3.8) is 0 Å². The zero-order chi connectivity index (χ0) is 18.2. The van der Waals surface area contributed by atoms with Gasteiger partial charge < -0.3 is 18.8 Å². The zero-order valence-electron chi connectivity index (χ0n) is 16.0. The highest BCUT2D eigenvalue weighted by molar-refractivity contribution is 6.65. The largest absolute Gasteiger partial charge is 0.495 e. The summed E-state index contributed by atoms with van der Waals surface area (Å²) < 4.78 is 23.4. The summed E-state index contributed by atoms with van der Waals surface area (Å²) in [6.45, 7) is 10.7. The first-order chi connectivity index (χ1) is 11.8. The molecule has 0 bridgehead atoms. The molecule has 2 aromatic carbocycles. The van der Waals surface area contributed by atoms with E-state index in [1.807, 2.05) is 12.1 Å². The summed E-state index contributed by atoms with van der Waals surface area (Å²) in [6.07, 6.45) is 0.947. The smallest absolute Gasteiger partial charge is 0.468 e. The first-order valence-electron chi connectivity index (χ1n) is 8.82. The molecule has 1 heterocycles. The third-order valence-electron chi connectivity index (χ3n) is 5.30. The van der Waals surface area contributed by atoms with Crippen LogP contribution >= 0.6 is 0 Å². The van der Waals surface area contributed by atoms with Gasteiger partial charge in [-0.05, 0) is 68.0 Å². The Balaban J connectivity index is 2.14. The molecule has 0 aliphatic carbocycles. The van der Waals surface area contributed by atoms with E-state index in [9.17, 15) is 0 Å². The second-order valence-electron chi connectivity index (χ2n) is 7.52. The van der Waals surface area contributed by atoms with Gasteiger partial charge in [-0.1, -0.05) is 25.1 Å². The molecule has 1 aliphatic rings. The Morgan fingerprint density at radius 1 is 1.04 bits per heavy atom. The van der Waals surface area contributed by atoms with Gasteiger partial charge in [0.1, 0.15) is 5.75 Å². The van der Waals surface area contributed by atoms with Gasteiger partial charge in [0.25, 0.3) is 0 Å². The predicted octanol–water partition coefficient (Wildman–Crippen LogP) is 3.68. The number of rotatable bonds is 5. The molecule has 0 radical (unpaired) electrons. The minimum absolute atomic E-state index is 0.210. The lowest BCUT2D eigenvalue weighted by atomic mass is 9.74. The SMILES string of the molecule is CCc1cccc2cc(OCOC)cc(B3OC(C)(C)C(C)(C)O3)c12. The van der Waals surface area contributed by atoms with Crippen LogP contribution in [-0.2, 0) is 20.5 Å². The number of fused-ring (bicyclic) bond motifs is 1. The quantitative estimate of drug-likeness (QED) is 0.614. The van der Waals surface area contributed by atoms with Gasteiger partial charge in [-0.3, -0.25) is 0 Å². The van der Waals surface area contributed by atoms with Crippen molar-refractivity contribution in [2.24, 2.45) is 0 Å². The molecule has 1 aliphatic heterocycles. The first kappa shape index (κ1) is 18.2. The molecule has 0 amide bonds. The monoisotopic (exact) mass is 342 g/mol. The van der Waals surface area contributed by atoms with Crippen LogP contribution in [0.4, 0.5) is 0 Å². The lowest BCUT2D eigenvalue weighted by molar-refractivity contribution is 0.00578. The summed E-state index contributed by atoms with van der Waals surface area (Å²) in [6, 6.07) is 10.4. The molecule has 4 nitrogen and oxygen atoms in total. The highest BCUT2D eigenvalue weighted by atomic mass is 16.7. The molecule has 25 heavy (non-hydrogen) atoms. The van der Waals surface area contributed by atoms with Gasteiger partial charge in [0.2, 0.25) is 0 Å². The van der Waals surface area contributed by atoms with Gasteiger partial charge in [0.05, 0.1) is 11.2 Å². The summed E-state index contributed by atoms with van der Waals surface area (Å²) in [7, 11) is 1.19. The highest BCUT2D eigenvalue weighted by Gasteiger charge is 2.52. The van der Waals surface area contributed by atoms with E-state index < -0.39 is 7.12 Å². The summed E-state index contributed by atoms with van der Waals surface area (Å²) in [5.74, 6) is 0.757. The van der Waals surface area contributed by atoms with Crippen molar-refractivity contribution in [1.29, 1.82) is 0 Å². The summed E-state index contributed by atoms with van der Waals surface area (Å²) in [5.41, 5.74) is 1.53. The fourth-order valence-electron chi connectivity index (χ4n) is 3.17. The molecule has 134 valence electrons. The van der Waals surface area contributed by atoms with Crippen LogP contribution < -0.4 is 10.2 Å². The molecule has 0 spiro atoms. The Labute approximate surface area is 150 Å². The van der Waals surface area contributed by atoms with Gasteiger partial charge >= 0.3 is 7.12 Å². The van der Waals surface area contributed by atoms with Crippen molar-refractivity contribution in [1.82, 2.24) is 0 Å². The van der Waals surface area contributed by atoms with Crippen LogP contribution in [0.3, 0.4) is 0 Å². The molecule has 0 unspecified atom stereocenters. The second kappa shape index (κ2) is 6.63. The van der Waals surface area contributed by atoms with E-state index in [4.69, 9.17) is 18.8 Å². The zero-order valence-corrected chi connectivity index (χ0v) is 16.0. The molecule has 0 N–H and O–H groups in total. The molecule has 0 saturated carbocycles. The summed E-state index contributed by atoms with van der Waals surface area (Å²) in [4.78, 5) is 0. The molecule has 0 aromatic heterocycles. The fraction of sp³-hybridized carbons (Fsp3) is 0.500. The number of hydrogen-bond acceptors (Lipinski definition) is 4. The topological polar surface area (TPSA) is 36.9 Å². The Hall–Kier alpha value is -1.56. The van der Waals surface area contributed by atoms with Gasteiger partial charge in [0, 0.05) is 7.11 Å². The summed E-state index contributed by atoms with van der Waals surface area (Å²) in [5, 5.41) is 2.31. The average Bonchev–Trinajstić information content (AvgIpc) is 2.79. The van der Waals surface area contributed by atoms with Crippen LogP contribution in [0.1, 0.15) is 40.2 Å². The lowest BCUT2D eigenvalue weighted by Crippen LogP contribution is -2.41. The van der Waals surface area contributed by atoms with Crippen LogP contribution in [0.2, 0.25) is 0 Å². The number of hydrogen-bond donors (Lipinski definition) is 0. The highest BCUT2D eigenvalue weighted by Crippen LogP contribution is 2.37. The minimum Gasteiger partial charge on any atom is -0.468 e. The Morgan fingerprint density at radius 3 is 2.32 bits per heavy atom. The van der Waals surface area contributed by atoms with Crippen LogP contribution in [0, 0.1) is 0 Å². The third kappa shape index (κ3) is 3.28. The van der Waals surface area contributed by atoms with Crippen molar-refractivity contribution in [3.8, 4) is 5.75 Å². The Kier molecular flexibility index (Phi) is 4.84. The minimum atomic E-state index is -0.425. The molecule has 3 rings (SSSR count). The van der Waals surface area contributed by atoms with E-state index in [2.05, 4.69) is 52.8 Å². The predicted molar refractivity (Wildman–Crippen MR) is 102 cm³/mol. The van der Waals surface area contributed by atoms with Crippen molar-refractivity contribution in [2.75, 3.05) is 13.9 Å². The average molecular weight is 342 g/mol. The second-order valence-corrected chi connectivity index (χ2v) is 7.52. The maximum atomic E-state index is 6.31. The van der Waals surface area contributed by atoms with Crippen molar-refractivity contribution >= 4 is 23.4 Å². The van der Waals surface area contributed by atoms with Crippen molar-refractivity contribution in [3.05, 3.63) is 35.9 Å². The molecule has 0 atom stereocenters. The van der Waals surface area contributed by atoms with Gasteiger partial charge in [0.15, 0.2) is 6.79 Å². The van der Waals surface area contributed by atoms with E-state index in [0.717, 1.165) is 23.0 Å². The fourth-order valence-corrected chi connectivity index (χ4v) is 3.17. The normalized spacial score (nSPS) is 18.7. The summed E-state index contributed by atoms with van der Waals surface area (Å²) >= 11 is 0. The Morgan fingerprint density at radius 2 is 1.72 bits per heavy atom. The van der Waals surface area contributed by atoms with Crippen LogP contribution in [0.15, 0.2) is 30.3 Å². The maximum Gasteiger partial charge on any atom is 0.495 e. The van der Waals surface area contributed by atoms with Crippen LogP contribution in [-0.4, -0.2) is 32.2 Å². The molecular formula is C20H27BO4. The molecule has 1 saturated heterocycles. The van der Waals surface area contributed by atoms with Gasteiger partial charge in [-0.15, -0.1) is 0 Å². The van der Waals surface area contributed by atoms with E-state index >= 15 is 0 Å². The van der Waals surface area contributed by atoms with Gasteiger partial charge in [-0.2, -0.15) is 0 Å². The number of methoxy groups -OCH3 is 1. The standard InChI is InChI=1S/C20H27BO4/c1-7-14-9-8-10-15-11-16(23-13-22-6)12-17(18(14)15)21-24-19(2,3)20(4,5)25-21/h8-12H,7,13H2,1-6H3. The number of aryl methyl sites for hydroxylation is 1. The van der Waals surface area contributed by atoms with Crippen molar-refractivity contribution in [2.45, 2.75) is 52.2 Å². The molecular weight excluding hydrogens is 315 g/mol. The van der Waals surface area contributed by atoms with E-state index in [1.165, 1.54) is 10.9 Å². The molecule has 1 fully saturated rings. The number of ether oxygens (including phenoxy) is 2. The number of benzene rings is 2. The van der Waals surface area contributed by atoms with E-state index in [1.54, 1.807) is 7.11 Å². The first-order valence-corrected chi connectivity index (χ1v) is 8.82. The van der Waals surface area contributed by atoms with Crippen LogP contribution in [0.5, 0.6) is 5.75 Å².